The number of rotatable bonds is 5. The van der Waals surface area contributed by atoms with Crippen LogP contribution in [0.2, 0.25) is 10.0 Å². The quantitative estimate of drug-likeness (QED) is 0.323. The van der Waals surface area contributed by atoms with E-state index in [0.717, 1.165) is 22.4 Å². The summed E-state index contributed by atoms with van der Waals surface area (Å²) in [5.41, 5.74) is 3.93. The van der Waals surface area contributed by atoms with E-state index in [-0.39, 0.29) is 5.91 Å². The van der Waals surface area contributed by atoms with Crippen molar-refractivity contribution in [1.29, 1.82) is 0 Å². The van der Waals surface area contributed by atoms with Crippen LogP contribution in [-0.4, -0.2) is 21.8 Å². The van der Waals surface area contributed by atoms with Crippen molar-refractivity contribution in [2.24, 2.45) is 0 Å². The number of thioether (sulfide) groups is 1. The van der Waals surface area contributed by atoms with Crippen molar-refractivity contribution < 1.29 is 4.79 Å². The van der Waals surface area contributed by atoms with Crippen molar-refractivity contribution >= 4 is 69.2 Å². The van der Waals surface area contributed by atoms with Gasteiger partial charge in [-0.2, -0.15) is 0 Å². The SMILES string of the molecule is O=C1C(=Cc2ccc(Cl)cc2Cl)SC(=S)N1CNc1ccc(-c2ccccc2)cc1. The molecule has 4 rings (SSSR count). The summed E-state index contributed by atoms with van der Waals surface area (Å²) in [6, 6.07) is 23.4. The molecular formula is C23H16Cl2N2OS2. The molecule has 0 unspecified atom stereocenters. The predicted molar refractivity (Wildman–Crippen MR) is 132 cm³/mol. The van der Waals surface area contributed by atoms with E-state index < -0.39 is 0 Å². The molecule has 1 saturated heterocycles. The minimum atomic E-state index is -0.149. The van der Waals surface area contributed by atoms with Crippen LogP contribution in [0.15, 0.2) is 77.7 Å². The zero-order valence-electron chi connectivity index (χ0n) is 15.6. The Morgan fingerprint density at radius 1 is 0.967 bits per heavy atom. The highest BCUT2D eigenvalue weighted by Crippen LogP contribution is 2.34. The summed E-state index contributed by atoms with van der Waals surface area (Å²) >= 11 is 18.8. The maximum Gasteiger partial charge on any atom is 0.267 e. The third-order valence-corrected chi connectivity index (χ3v) is 6.50. The first-order valence-corrected chi connectivity index (χ1v) is 11.1. The molecule has 3 aromatic rings. The fraction of sp³-hybridized carbons (Fsp3) is 0.0435. The molecule has 1 aliphatic heterocycles. The second kappa shape index (κ2) is 9.23. The molecular weight excluding hydrogens is 455 g/mol. The topological polar surface area (TPSA) is 32.3 Å². The minimum absolute atomic E-state index is 0.149. The maximum absolute atomic E-state index is 12.8. The van der Waals surface area contributed by atoms with Crippen LogP contribution in [0.4, 0.5) is 5.69 Å². The molecule has 1 N–H and O–H groups in total. The number of nitrogens with one attached hydrogen (secondary N) is 1. The van der Waals surface area contributed by atoms with Gasteiger partial charge in [-0.15, -0.1) is 0 Å². The largest absolute Gasteiger partial charge is 0.367 e. The predicted octanol–water partition coefficient (Wildman–Crippen LogP) is 6.93. The van der Waals surface area contributed by atoms with Crippen molar-refractivity contribution in [3.8, 4) is 11.1 Å². The van der Waals surface area contributed by atoms with Gasteiger partial charge in [0.2, 0.25) is 0 Å². The number of hydrogen-bond donors (Lipinski definition) is 1. The van der Waals surface area contributed by atoms with E-state index in [9.17, 15) is 4.79 Å². The van der Waals surface area contributed by atoms with Gasteiger partial charge in [0.25, 0.3) is 5.91 Å². The van der Waals surface area contributed by atoms with Gasteiger partial charge in [0.15, 0.2) is 0 Å². The second-order valence-corrected chi connectivity index (χ2v) is 9.07. The van der Waals surface area contributed by atoms with Crippen molar-refractivity contribution in [3.05, 3.63) is 93.3 Å². The molecule has 0 atom stereocenters. The van der Waals surface area contributed by atoms with E-state index in [1.807, 2.05) is 42.5 Å². The number of amides is 1. The lowest BCUT2D eigenvalue weighted by molar-refractivity contribution is -0.121. The highest BCUT2D eigenvalue weighted by molar-refractivity contribution is 8.26. The molecule has 1 amide bonds. The van der Waals surface area contributed by atoms with Crippen molar-refractivity contribution in [2.45, 2.75) is 0 Å². The van der Waals surface area contributed by atoms with E-state index >= 15 is 0 Å². The van der Waals surface area contributed by atoms with E-state index in [1.165, 1.54) is 11.8 Å². The van der Waals surface area contributed by atoms with Crippen LogP contribution in [0.1, 0.15) is 5.56 Å². The number of nitrogens with zero attached hydrogens (tertiary/aromatic N) is 1. The van der Waals surface area contributed by atoms with Crippen molar-refractivity contribution in [3.63, 3.8) is 0 Å². The lowest BCUT2D eigenvalue weighted by Gasteiger charge is -2.16. The third-order valence-electron chi connectivity index (χ3n) is 4.56. The Kier molecular flexibility index (Phi) is 6.44. The number of carbonyl (C=O) groups excluding carboxylic acids is 1. The van der Waals surface area contributed by atoms with Gasteiger partial charge in [-0.3, -0.25) is 9.69 Å². The lowest BCUT2D eigenvalue weighted by atomic mass is 10.1. The smallest absolute Gasteiger partial charge is 0.267 e. The van der Waals surface area contributed by atoms with Gasteiger partial charge < -0.3 is 5.32 Å². The first kappa shape index (κ1) is 20.9. The number of anilines is 1. The van der Waals surface area contributed by atoms with Crippen LogP contribution in [0.5, 0.6) is 0 Å². The summed E-state index contributed by atoms with van der Waals surface area (Å²) in [6.07, 6.45) is 1.74. The van der Waals surface area contributed by atoms with Gasteiger partial charge >= 0.3 is 0 Å². The Hall–Kier alpha value is -2.31. The van der Waals surface area contributed by atoms with Crippen LogP contribution in [0, 0.1) is 0 Å². The number of carbonyl (C=O) groups is 1. The third kappa shape index (κ3) is 4.71. The zero-order chi connectivity index (χ0) is 21.1. The molecule has 0 aliphatic carbocycles. The van der Waals surface area contributed by atoms with Gasteiger partial charge in [0.05, 0.1) is 11.6 Å². The number of hydrogen-bond acceptors (Lipinski definition) is 4. The molecule has 1 aliphatic rings. The number of benzene rings is 3. The first-order valence-electron chi connectivity index (χ1n) is 9.11. The average Bonchev–Trinajstić information content (AvgIpc) is 3.02. The van der Waals surface area contributed by atoms with Gasteiger partial charge in [0, 0.05) is 15.7 Å². The Bertz CT molecular complexity index is 1130. The Morgan fingerprint density at radius 3 is 2.37 bits per heavy atom. The minimum Gasteiger partial charge on any atom is -0.367 e. The summed E-state index contributed by atoms with van der Waals surface area (Å²) in [5, 5.41) is 4.30. The summed E-state index contributed by atoms with van der Waals surface area (Å²) in [5.74, 6) is -0.149. The van der Waals surface area contributed by atoms with Gasteiger partial charge in [0.1, 0.15) is 4.32 Å². The first-order chi connectivity index (χ1) is 14.5. The Morgan fingerprint density at radius 2 is 1.67 bits per heavy atom. The Balaban J connectivity index is 1.43. The number of thiocarbonyl (C=S) groups is 1. The van der Waals surface area contributed by atoms with Gasteiger partial charge in [-0.1, -0.05) is 95.7 Å². The van der Waals surface area contributed by atoms with Crippen LogP contribution in [-0.2, 0) is 4.79 Å². The molecule has 0 saturated carbocycles. The summed E-state index contributed by atoms with van der Waals surface area (Å²) < 4.78 is 0.504. The second-order valence-electron chi connectivity index (χ2n) is 6.55. The highest BCUT2D eigenvalue weighted by Gasteiger charge is 2.31. The fourth-order valence-electron chi connectivity index (χ4n) is 2.98. The van der Waals surface area contributed by atoms with E-state index in [2.05, 4.69) is 17.4 Å². The zero-order valence-corrected chi connectivity index (χ0v) is 18.8. The molecule has 0 aromatic heterocycles. The standard InChI is InChI=1S/C23H16Cl2N2OS2/c24-18-9-6-17(20(25)13-18)12-21-22(28)27(23(29)30-21)14-26-19-10-7-16(8-11-19)15-4-2-1-3-5-15/h1-13,26H,14H2. The van der Waals surface area contributed by atoms with Gasteiger partial charge in [-0.25, -0.2) is 0 Å². The van der Waals surface area contributed by atoms with E-state index in [0.29, 0.717) is 25.9 Å². The lowest BCUT2D eigenvalue weighted by Crippen LogP contribution is -2.33. The van der Waals surface area contributed by atoms with Gasteiger partial charge in [-0.05, 0) is 47.0 Å². The van der Waals surface area contributed by atoms with Crippen LogP contribution in [0.3, 0.4) is 0 Å². The summed E-state index contributed by atoms with van der Waals surface area (Å²) in [4.78, 5) is 14.9. The van der Waals surface area contributed by atoms with Crippen molar-refractivity contribution in [1.82, 2.24) is 4.90 Å². The molecule has 1 heterocycles. The maximum atomic E-state index is 12.8. The van der Waals surface area contributed by atoms with Crippen LogP contribution >= 0.6 is 47.2 Å². The van der Waals surface area contributed by atoms with Crippen LogP contribution in [0.25, 0.3) is 17.2 Å². The fourth-order valence-corrected chi connectivity index (χ4v) is 4.69. The average molecular weight is 471 g/mol. The molecule has 3 nitrogen and oxygen atoms in total. The normalized spacial score (nSPS) is 15.1. The Labute approximate surface area is 194 Å². The number of halogens is 2. The summed E-state index contributed by atoms with van der Waals surface area (Å²) in [7, 11) is 0. The molecule has 30 heavy (non-hydrogen) atoms. The molecule has 0 bridgehead atoms. The molecule has 7 heteroatoms. The van der Waals surface area contributed by atoms with E-state index in [1.54, 1.807) is 29.2 Å². The molecule has 150 valence electrons. The molecule has 1 fully saturated rings. The summed E-state index contributed by atoms with van der Waals surface area (Å²) in [6.45, 7) is 0.293. The highest BCUT2D eigenvalue weighted by atomic mass is 35.5. The monoisotopic (exact) mass is 470 g/mol. The molecule has 0 spiro atoms. The molecule has 0 radical (unpaired) electrons. The van der Waals surface area contributed by atoms with Crippen LogP contribution < -0.4 is 5.32 Å². The molecule has 3 aromatic carbocycles. The van der Waals surface area contributed by atoms with E-state index in [4.69, 9.17) is 35.4 Å². The van der Waals surface area contributed by atoms with Crippen molar-refractivity contribution in [2.75, 3.05) is 12.0 Å².